The van der Waals surface area contributed by atoms with E-state index in [0.717, 1.165) is 25.0 Å². The van der Waals surface area contributed by atoms with Crippen molar-refractivity contribution in [3.63, 3.8) is 0 Å². The molecule has 0 aromatic heterocycles. The Bertz CT molecular complexity index is 1030. The van der Waals surface area contributed by atoms with E-state index in [1.165, 1.54) is 28.1 Å². The van der Waals surface area contributed by atoms with Crippen molar-refractivity contribution in [2.75, 3.05) is 33.3 Å². The summed E-state index contributed by atoms with van der Waals surface area (Å²) >= 11 is 6.30. The molecule has 1 fully saturated rings. The number of amides is 1. The van der Waals surface area contributed by atoms with Crippen LogP contribution in [0.4, 0.5) is 0 Å². The van der Waals surface area contributed by atoms with E-state index in [1.54, 1.807) is 25.9 Å². The lowest BCUT2D eigenvalue weighted by molar-refractivity contribution is 0.0690. The Kier molecular flexibility index (Phi) is 8.20. The number of carbonyl (C=O) groups is 1. The largest absolute Gasteiger partial charge is 0.497 e. The van der Waals surface area contributed by atoms with Crippen LogP contribution in [-0.2, 0) is 16.4 Å². The number of likely N-dealkylation sites (tertiary alicyclic amines) is 1. The van der Waals surface area contributed by atoms with E-state index in [9.17, 15) is 13.2 Å². The Morgan fingerprint density at radius 1 is 1.09 bits per heavy atom. The Morgan fingerprint density at radius 2 is 1.72 bits per heavy atom. The predicted molar refractivity (Wildman–Crippen MR) is 127 cm³/mol. The quantitative estimate of drug-likeness (QED) is 0.561. The molecule has 8 heteroatoms. The minimum Gasteiger partial charge on any atom is -0.497 e. The van der Waals surface area contributed by atoms with Gasteiger partial charge in [0, 0.05) is 26.2 Å². The normalized spacial score (nSPS) is 15.2. The fourth-order valence-corrected chi connectivity index (χ4v) is 5.83. The number of carbonyl (C=O) groups excluding carboxylic acids is 1. The van der Waals surface area contributed by atoms with Crippen LogP contribution in [0.2, 0.25) is 5.02 Å². The number of sulfonamides is 1. The summed E-state index contributed by atoms with van der Waals surface area (Å²) in [7, 11) is -2.00. The second-order valence-corrected chi connectivity index (χ2v) is 10.4. The van der Waals surface area contributed by atoms with Crippen LogP contribution in [0.3, 0.4) is 0 Å². The summed E-state index contributed by atoms with van der Waals surface area (Å²) in [6.07, 6.45) is 2.75. The molecule has 1 aliphatic rings. The summed E-state index contributed by atoms with van der Waals surface area (Å²) in [5, 5.41) is 0.272. The lowest BCUT2D eigenvalue weighted by Gasteiger charge is -2.32. The highest BCUT2D eigenvalue weighted by Gasteiger charge is 2.28. The number of ether oxygens (including phenoxy) is 1. The van der Waals surface area contributed by atoms with E-state index in [0.29, 0.717) is 32.1 Å². The molecule has 2 aromatic carbocycles. The van der Waals surface area contributed by atoms with Gasteiger partial charge in [-0.05, 0) is 61.1 Å². The number of piperidine rings is 1. The van der Waals surface area contributed by atoms with E-state index in [1.807, 2.05) is 12.1 Å². The minimum atomic E-state index is -3.66. The van der Waals surface area contributed by atoms with Gasteiger partial charge in [0.25, 0.3) is 5.91 Å². The van der Waals surface area contributed by atoms with Crippen LogP contribution >= 0.6 is 11.6 Å². The van der Waals surface area contributed by atoms with Gasteiger partial charge in [-0.15, -0.1) is 0 Å². The number of methoxy groups -OCH3 is 1. The third kappa shape index (κ3) is 5.45. The summed E-state index contributed by atoms with van der Waals surface area (Å²) in [4.78, 5) is 15.0. The number of hydrogen-bond acceptors (Lipinski definition) is 4. The van der Waals surface area contributed by atoms with E-state index in [4.69, 9.17) is 16.3 Å². The summed E-state index contributed by atoms with van der Waals surface area (Å²) in [5.41, 5.74) is 1.50. The van der Waals surface area contributed by atoms with E-state index < -0.39 is 10.0 Å². The molecule has 0 radical (unpaired) electrons. The van der Waals surface area contributed by atoms with Crippen LogP contribution < -0.4 is 4.74 Å². The zero-order chi connectivity index (χ0) is 23.3. The SMILES string of the molecule is CCN(CC)S(=O)(=O)c1ccc(Cl)c(C(=O)N2CCC(Cc3ccc(OC)cc3)CC2)c1. The summed E-state index contributed by atoms with van der Waals surface area (Å²) < 4.78 is 32.3. The maximum absolute atomic E-state index is 13.2. The summed E-state index contributed by atoms with van der Waals surface area (Å²) in [6, 6.07) is 12.5. The maximum atomic E-state index is 13.2. The average Bonchev–Trinajstić information content (AvgIpc) is 2.80. The molecule has 174 valence electrons. The zero-order valence-electron chi connectivity index (χ0n) is 18.9. The Hall–Kier alpha value is -2.09. The monoisotopic (exact) mass is 478 g/mol. The van der Waals surface area contributed by atoms with Crippen LogP contribution in [0.15, 0.2) is 47.4 Å². The van der Waals surface area contributed by atoms with Crippen LogP contribution in [-0.4, -0.2) is 56.8 Å². The lowest BCUT2D eigenvalue weighted by Crippen LogP contribution is -2.39. The van der Waals surface area contributed by atoms with E-state index in [2.05, 4.69) is 12.1 Å². The molecule has 1 heterocycles. The molecular formula is C24H31ClN2O4S. The first-order valence-corrected chi connectivity index (χ1v) is 12.8. The molecule has 0 unspecified atom stereocenters. The van der Waals surface area contributed by atoms with Gasteiger partial charge < -0.3 is 9.64 Å². The van der Waals surface area contributed by atoms with Gasteiger partial charge in [-0.25, -0.2) is 8.42 Å². The van der Waals surface area contributed by atoms with Crippen molar-refractivity contribution in [3.05, 3.63) is 58.6 Å². The van der Waals surface area contributed by atoms with E-state index in [-0.39, 0.29) is 21.4 Å². The highest BCUT2D eigenvalue weighted by atomic mass is 35.5. The van der Waals surface area contributed by atoms with Gasteiger partial charge in [0.15, 0.2) is 0 Å². The molecule has 0 bridgehead atoms. The first kappa shape index (κ1) is 24.6. The number of hydrogen-bond donors (Lipinski definition) is 0. The topological polar surface area (TPSA) is 66.9 Å². The molecule has 0 saturated carbocycles. The summed E-state index contributed by atoms with van der Waals surface area (Å²) in [6.45, 7) is 5.57. The van der Waals surface area contributed by atoms with Crippen molar-refractivity contribution < 1.29 is 17.9 Å². The van der Waals surface area contributed by atoms with Crippen LogP contribution in [0.25, 0.3) is 0 Å². The molecule has 1 amide bonds. The fourth-order valence-electron chi connectivity index (χ4n) is 4.15. The third-order valence-electron chi connectivity index (χ3n) is 6.10. The predicted octanol–water partition coefficient (Wildman–Crippen LogP) is 4.47. The van der Waals surface area contributed by atoms with Crippen molar-refractivity contribution in [1.82, 2.24) is 9.21 Å². The molecule has 1 saturated heterocycles. The van der Waals surface area contributed by atoms with E-state index >= 15 is 0 Å². The molecule has 3 rings (SSSR count). The van der Waals surface area contributed by atoms with Gasteiger partial charge in [0.05, 0.1) is 22.6 Å². The summed E-state index contributed by atoms with van der Waals surface area (Å²) in [5.74, 6) is 1.13. The molecular weight excluding hydrogens is 448 g/mol. The molecule has 0 spiro atoms. The third-order valence-corrected chi connectivity index (χ3v) is 8.47. The van der Waals surface area contributed by atoms with Crippen LogP contribution in [0.1, 0.15) is 42.6 Å². The highest BCUT2D eigenvalue weighted by molar-refractivity contribution is 7.89. The first-order valence-electron chi connectivity index (χ1n) is 11.0. The van der Waals surface area contributed by atoms with Crippen molar-refractivity contribution in [2.45, 2.75) is 38.0 Å². The molecule has 0 atom stereocenters. The van der Waals surface area contributed by atoms with Crippen molar-refractivity contribution >= 4 is 27.5 Å². The van der Waals surface area contributed by atoms with Crippen molar-refractivity contribution in [1.29, 1.82) is 0 Å². The van der Waals surface area contributed by atoms with Gasteiger partial charge >= 0.3 is 0 Å². The number of benzene rings is 2. The smallest absolute Gasteiger partial charge is 0.255 e. The molecule has 2 aromatic rings. The van der Waals surface area contributed by atoms with Gasteiger partial charge in [-0.2, -0.15) is 4.31 Å². The van der Waals surface area contributed by atoms with Crippen molar-refractivity contribution in [3.8, 4) is 5.75 Å². The number of rotatable bonds is 8. The highest BCUT2D eigenvalue weighted by Crippen LogP contribution is 2.28. The fraction of sp³-hybridized carbons (Fsp3) is 0.458. The van der Waals surface area contributed by atoms with Gasteiger partial charge in [-0.3, -0.25) is 4.79 Å². The second-order valence-electron chi connectivity index (χ2n) is 8.02. The molecule has 0 N–H and O–H groups in total. The molecule has 1 aliphatic heterocycles. The molecule has 32 heavy (non-hydrogen) atoms. The standard InChI is InChI=1S/C24H31ClN2O4S/c1-4-27(5-2)32(29,30)21-10-11-23(25)22(17-21)24(28)26-14-12-19(13-15-26)16-18-6-8-20(31-3)9-7-18/h6-11,17,19H,4-5,12-16H2,1-3H3. The van der Waals surface area contributed by atoms with Crippen LogP contribution in [0.5, 0.6) is 5.75 Å². The van der Waals surface area contributed by atoms with Gasteiger partial charge in [0.2, 0.25) is 10.0 Å². The van der Waals surface area contributed by atoms with Crippen LogP contribution in [0, 0.1) is 5.92 Å². The van der Waals surface area contributed by atoms with Crippen molar-refractivity contribution in [2.24, 2.45) is 5.92 Å². The average molecular weight is 479 g/mol. The number of halogens is 1. The molecule has 0 aliphatic carbocycles. The second kappa shape index (κ2) is 10.7. The minimum absolute atomic E-state index is 0.100. The van der Waals surface area contributed by atoms with Gasteiger partial charge in [0.1, 0.15) is 5.75 Å². The number of nitrogens with zero attached hydrogens (tertiary/aromatic N) is 2. The zero-order valence-corrected chi connectivity index (χ0v) is 20.5. The first-order chi connectivity index (χ1) is 15.3. The lowest BCUT2D eigenvalue weighted by atomic mass is 9.90. The maximum Gasteiger partial charge on any atom is 0.255 e. The molecule has 6 nitrogen and oxygen atoms in total. The Balaban J connectivity index is 1.68. The van der Waals surface area contributed by atoms with Gasteiger partial charge in [-0.1, -0.05) is 37.6 Å². The Labute approximate surface area is 196 Å². The Morgan fingerprint density at radius 3 is 2.28 bits per heavy atom.